The quantitative estimate of drug-likeness (QED) is 0.483. The summed E-state index contributed by atoms with van der Waals surface area (Å²) in [5, 5.41) is 3.07. The summed E-state index contributed by atoms with van der Waals surface area (Å²) >= 11 is 0. The lowest BCUT2D eigenvalue weighted by molar-refractivity contribution is -0.136. The van der Waals surface area contributed by atoms with Crippen LogP contribution in [0.2, 0.25) is 0 Å². The lowest BCUT2D eigenvalue weighted by Gasteiger charge is -2.10. The standard InChI is InChI=1S/C20H16F3N3O2/c1-10(2)18-16-14(19(28-18)25-13-8-3-4-9-24-13)17(27)11-6-5-7-12(15(11)26-16)20(21,22)23/h3-10,26H,1-2H3,(H,24,25). The zero-order valence-electron chi connectivity index (χ0n) is 15.0. The van der Waals surface area contributed by atoms with E-state index in [2.05, 4.69) is 15.3 Å². The van der Waals surface area contributed by atoms with Crippen molar-refractivity contribution < 1.29 is 17.6 Å². The molecule has 3 aromatic heterocycles. The van der Waals surface area contributed by atoms with Crippen molar-refractivity contribution in [2.45, 2.75) is 25.9 Å². The fraction of sp³-hybridized carbons (Fsp3) is 0.200. The molecule has 2 N–H and O–H groups in total. The van der Waals surface area contributed by atoms with Gasteiger partial charge in [-0.25, -0.2) is 4.98 Å². The molecule has 0 atom stereocenters. The van der Waals surface area contributed by atoms with Gasteiger partial charge in [-0.05, 0) is 24.3 Å². The Balaban J connectivity index is 2.06. The highest BCUT2D eigenvalue weighted by atomic mass is 19.4. The van der Waals surface area contributed by atoms with E-state index in [0.29, 0.717) is 11.6 Å². The van der Waals surface area contributed by atoms with E-state index in [0.717, 1.165) is 6.07 Å². The Bertz CT molecular complexity index is 1220. The number of H-pyrrole nitrogens is 1. The highest BCUT2D eigenvalue weighted by Gasteiger charge is 2.34. The van der Waals surface area contributed by atoms with Crippen LogP contribution in [0.3, 0.4) is 0 Å². The maximum absolute atomic E-state index is 13.4. The van der Waals surface area contributed by atoms with Crippen molar-refractivity contribution in [1.29, 1.82) is 0 Å². The number of alkyl halides is 3. The van der Waals surface area contributed by atoms with Crippen molar-refractivity contribution in [3.8, 4) is 0 Å². The SMILES string of the molecule is CC(C)c1oc(Nc2ccccn2)c2c(=O)c3cccc(C(F)(F)F)c3[nH]c12. The molecule has 4 aromatic rings. The summed E-state index contributed by atoms with van der Waals surface area (Å²) in [4.78, 5) is 20.1. The van der Waals surface area contributed by atoms with E-state index in [4.69, 9.17) is 4.42 Å². The summed E-state index contributed by atoms with van der Waals surface area (Å²) < 4.78 is 46.2. The molecule has 4 rings (SSSR count). The van der Waals surface area contributed by atoms with Gasteiger partial charge in [-0.1, -0.05) is 26.0 Å². The molecule has 5 nitrogen and oxygen atoms in total. The average Bonchev–Trinajstić information content (AvgIpc) is 3.00. The monoisotopic (exact) mass is 387 g/mol. The fourth-order valence-corrected chi connectivity index (χ4v) is 3.21. The van der Waals surface area contributed by atoms with Gasteiger partial charge in [0.15, 0.2) is 0 Å². The molecule has 0 saturated carbocycles. The van der Waals surface area contributed by atoms with Crippen molar-refractivity contribution >= 4 is 33.5 Å². The Morgan fingerprint density at radius 1 is 1.11 bits per heavy atom. The number of furan rings is 1. The van der Waals surface area contributed by atoms with Gasteiger partial charge in [0.1, 0.15) is 17.0 Å². The molecular weight excluding hydrogens is 371 g/mol. The van der Waals surface area contributed by atoms with Crippen LogP contribution in [0.15, 0.2) is 51.8 Å². The number of para-hydroxylation sites is 1. The van der Waals surface area contributed by atoms with Gasteiger partial charge in [-0.3, -0.25) is 4.79 Å². The fourth-order valence-electron chi connectivity index (χ4n) is 3.21. The first-order valence-corrected chi connectivity index (χ1v) is 8.64. The predicted octanol–water partition coefficient (Wildman–Crippen LogP) is 5.56. The van der Waals surface area contributed by atoms with Crippen molar-refractivity contribution in [2.75, 3.05) is 5.32 Å². The molecule has 8 heteroatoms. The Kier molecular flexibility index (Phi) is 4.14. The third-order valence-electron chi connectivity index (χ3n) is 4.46. The number of fused-ring (bicyclic) bond motifs is 2. The molecule has 0 bridgehead atoms. The third-order valence-corrected chi connectivity index (χ3v) is 4.46. The average molecular weight is 387 g/mol. The van der Waals surface area contributed by atoms with Crippen LogP contribution in [-0.4, -0.2) is 9.97 Å². The number of hydrogen-bond acceptors (Lipinski definition) is 4. The first kappa shape index (κ1) is 18.1. The number of nitrogens with one attached hydrogen (secondary N) is 2. The van der Waals surface area contributed by atoms with E-state index in [1.54, 1.807) is 24.4 Å². The number of benzene rings is 1. The van der Waals surface area contributed by atoms with Gasteiger partial charge in [0.05, 0.1) is 16.6 Å². The number of aromatic amines is 1. The minimum atomic E-state index is -4.59. The van der Waals surface area contributed by atoms with Crippen LogP contribution < -0.4 is 10.7 Å². The molecule has 0 spiro atoms. The van der Waals surface area contributed by atoms with Crippen LogP contribution in [0, 0.1) is 0 Å². The first-order valence-electron chi connectivity index (χ1n) is 8.64. The first-order chi connectivity index (χ1) is 13.3. The zero-order chi connectivity index (χ0) is 20.1. The van der Waals surface area contributed by atoms with Crippen LogP contribution >= 0.6 is 0 Å². The van der Waals surface area contributed by atoms with Crippen LogP contribution in [0.1, 0.15) is 31.1 Å². The molecule has 3 heterocycles. The second-order valence-corrected chi connectivity index (χ2v) is 6.72. The van der Waals surface area contributed by atoms with Gasteiger partial charge in [0.2, 0.25) is 11.3 Å². The second kappa shape index (κ2) is 6.40. The summed E-state index contributed by atoms with van der Waals surface area (Å²) in [7, 11) is 0. The van der Waals surface area contributed by atoms with E-state index < -0.39 is 17.2 Å². The Labute approximate surface area is 157 Å². The van der Waals surface area contributed by atoms with Gasteiger partial charge < -0.3 is 14.7 Å². The number of pyridine rings is 2. The van der Waals surface area contributed by atoms with Crippen molar-refractivity contribution in [2.24, 2.45) is 0 Å². The topological polar surface area (TPSA) is 70.9 Å². The summed E-state index contributed by atoms with van der Waals surface area (Å²) in [6.07, 6.45) is -3.01. The molecule has 1 aromatic carbocycles. The largest absolute Gasteiger partial charge is 0.442 e. The molecule has 0 amide bonds. The number of aromatic nitrogens is 2. The predicted molar refractivity (Wildman–Crippen MR) is 101 cm³/mol. The highest BCUT2D eigenvalue weighted by molar-refractivity contribution is 6.00. The number of rotatable bonds is 3. The zero-order valence-corrected chi connectivity index (χ0v) is 15.0. The van der Waals surface area contributed by atoms with Gasteiger partial charge >= 0.3 is 6.18 Å². The normalized spacial score (nSPS) is 12.2. The van der Waals surface area contributed by atoms with Crippen LogP contribution in [0.4, 0.5) is 24.9 Å². The highest BCUT2D eigenvalue weighted by Crippen LogP contribution is 2.37. The second-order valence-electron chi connectivity index (χ2n) is 6.72. The molecule has 0 unspecified atom stereocenters. The number of hydrogen-bond donors (Lipinski definition) is 2. The maximum atomic E-state index is 13.4. The molecule has 0 aliphatic heterocycles. The van der Waals surface area contributed by atoms with Gasteiger partial charge in [-0.2, -0.15) is 13.2 Å². The van der Waals surface area contributed by atoms with E-state index in [1.165, 1.54) is 12.1 Å². The van der Waals surface area contributed by atoms with Crippen LogP contribution in [0.25, 0.3) is 21.8 Å². The summed E-state index contributed by atoms with van der Waals surface area (Å²) in [6.45, 7) is 3.67. The van der Waals surface area contributed by atoms with Gasteiger partial charge in [0, 0.05) is 17.5 Å². The maximum Gasteiger partial charge on any atom is 0.418 e. The Morgan fingerprint density at radius 2 is 1.89 bits per heavy atom. The van der Waals surface area contributed by atoms with Crippen molar-refractivity contribution in [1.82, 2.24) is 9.97 Å². The molecular formula is C20H16F3N3O2. The Morgan fingerprint density at radius 3 is 2.54 bits per heavy atom. The summed E-state index contributed by atoms with van der Waals surface area (Å²) in [5.74, 6) is 0.840. The molecule has 0 radical (unpaired) electrons. The molecule has 144 valence electrons. The van der Waals surface area contributed by atoms with Crippen molar-refractivity contribution in [3.05, 3.63) is 64.1 Å². The van der Waals surface area contributed by atoms with E-state index >= 15 is 0 Å². The minimum absolute atomic E-state index is 0.0532. The molecule has 0 aliphatic carbocycles. The lowest BCUT2D eigenvalue weighted by atomic mass is 10.0. The third kappa shape index (κ3) is 2.90. The molecule has 28 heavy (non-hydrogen) atoms. The number of nitrogens with zero attached hydrogens (tertiary/aromatic N) is 1. The lowest BCUT2D eigenvalue weighted by Crippen LogP contribution is -2.11. The van der Waals surface area contributed by atoms with Gasteiger partial charge in [-0.15, -0.1) is 0 Å². The molecule has 0 saturated heterocycles. The molecule has 0 aliphatic rings. The number of halogens is 3. The van der Waals surface area contributed by atoms with Crippen LogP contribution in [-0.2, 0) is 6.18 Å². The van der Waals surface area contributed by atoms with E-state index in [9.17, 15) is 18.0 Å². The summed E-state index contributed by atoms with van der Waals surface area (Å²) in [5.41, 5.74) is -1.43. The van der Waals surface area contributed by atoms with E-state index in [-0.39, 0.29) is 33.6 Å². The Hall–Kier alpha value is -3.29. The number of anilines is 2. The van der Waals surface area contributed by atoms with Crippen molar-refractivity contribution in [3.63, 3.8) is 0 Å². The van der Waals surface area contributed by atoms with Gasteiger partial charge in [0.25, 0.3) is 0 Å². The molecule has 0 fully saturated rings. The van der Waals surface area contributed by atoms with Crippen LogP contribution in [0.5, 0.6) is 0 Å². The smallest absolute Gasteiger partial charge is 0.418 e. The summed E-state index contributed by atoms with van der Waals surface area (Å²) in [6, 6.07) is 8.74. The minimum Gasteiger partial charge on any atom is -0.442 e. The van der Waals surface area contributed by atoms with E-state index in [1.807, 2.05) is 13.8 Å².